The first-order valence-electron chi connectivity index (χ1n) is 7.68. The van der Waals surface area contributed by atoms with Gasteiger partial charge in [0.1, 0.15) is 17.0 Å². The van der Waals surface area contributed by atoms with Crippen molar-refractivity contribution < 1.29 is 23.3 Å². The third kappa shape index (κ3) is 3.61. The van der Waals surface area contributed by atoms with Gasteiger partial charge >= 0.3 is 0 Å². The Morgan fingerprint density at radius 2 is 1.79 bits per heavy atom. The van der Waals surface area contributed by atoms with Gasteiger partial charge in [0.05, 0.1) is 20.0 Å². The minimum Gasteiger partial charge on any atom is -0.496 e. The summed E-state index contributed by atoms with van der Waals surface area (Å²) in [7, 11) is 1.90. The van der Waals surface area contributed by atoms with Gasteiger partial charge in [-0.2, -0.15) is 0 Å². The van der Waals surface area contributed by atoms with Gasteiger partial charge < -0.3 is 14.8 Å². The number of methoxy groups -OCH3 is 2. The summed E-state index contributed by atoms with van der Waals surface area (Å²) in [4.78, 5) is 24.5. The molecule has 24 heavy (non-hydrogen) atoms. The molecule has 0 radical (unpaired) electrons. The largest absolute Gasteiger partial charge is 0.496 e. The van der Waals surface area contributed by atoms with Crippen LogP contribution in [0.25, 0.3) is 0 Å². The molecule has 0 aliphatic heterocycles. The molecule has 6 nitrogen and oxygen atoms in total. The van der Waals surface area contributed by atoms with Crippen molar-refractivity contribution in [1.29, 1.82) is 0 Å². The standard InChI is InChI=1S/C17H23NO5S/c1-11(19)18-17(16(20)10-24(4)21)8-7-12-13(9-17)15(23-3)6-5-14(12)22-2/h5-6H,7-10H2,1-4H3,(H,18,19)/t17-,24-/m0/s1. The van der Waals surface area contributed by atoms with Crippen molar-refractivity contribution in [3.63, 3.8) is 0 Å². The highest BCUT2D eigenvalue weighted by atomic mass is 32.2. The second kappa shape index (κ2) is 7.34. The summed E-state index contributed by atoms with van der Waals surface area (Å²) in [5.41, 5.74) is 0.791. The van der Waals surface area contributed by atoms with Crippen LogP contribution in [-0.4, -0.2) is 47.7 Å². The third-order valence-corrected chi connectivity index (χ3v) is 5.02. The topological polar surface area (TPSA) is 81.7 Å². The van der Waals surface area contributed by atoms with E-state index in [9.17, 15) is 13.8 Å². The second-order valence-corrected chi connectivity index (χ2v) is 7.44. The van der Waals surface area contributed by atoms with Gasteiger partial charge in [0.25, 0.3) is 0 Å². The van der Waals surface area contributed by atoms with E-state index in [1.807, 2.05) is 6.07 Å². The predicted molar refractivity (Wildman–Crippen MR) is 92.1 cm³/mol. The molecule has 2 rings (SSSR count). The maximum atomic E-state index is 12.8. The van der Waals surface area contributed by atoms with Crippen molar-refractivity contribution in [3.05, 3.63) is 23.3 Å². The molecule has 2 atom stereocenters. The molecular weight excluding hydrogens is 330 g/mol. The average Bonchev–Trinajstić information content (AvgIpc) is 2.52. The zero-order valence-electron chi connectivity index (χ0n) is 14.4. The van der Waals surface area contributed by atoms with Crippen molar-refractivity contribution >= 4 is 22.5 Å². The Balaban J connectivity index is 2.50. The average molecular weight is 353 g/mol. The Morgan fingerprint density at radius 1 is 1.21 bits per heavy atom. The van der Waals surface area contributed by atoms with E-state index in [0.717, 1.165) is 16.9 Å². The first-order chi connectivity index (χ1) is 11.3. The summed E-state index contributed by atoms with van der Waals surface area (Å²) in [5.74, 6) is 0.825. The highest BCUT2D eigenvalue weighted by molar-refractivity contribution is 7.85. The zero-order chi connectivity index (χ0) is 17.9. The van der Waals surface area contributed by atoms with Crippen molar-refractivity contribution in [2.24, 2.45) is 0 Å². The highest BCUT2D eigenvalue weighted by Crippen LogP contribution is 2.40. The molecule has 0 unspecified atom stereocenters. The lowest BCUT2D eigenvalue weighted by Gasteiger charge is -2.38. The Hall–Kier alpha value is -1.89. The van der Waals surface area contributed by atoms with Gasteiger partial charge in [-0.05, 0) is 25.0 Å². The van der Waals surface area contributed by atoms with Gasteiger partial charge in [-0.25, -0.2) is 0 Å². The Bertz CT molecular complexity index is 688. The smallest absolute Gasteiger partial charge is 0.217 e. The van der Waals surface area contributed by atoms with Gasteiger partial charge in [-0.15, -0.1) is 0 Å². The van der Waals surface area contributed by atoms with Crippen molar-refractivity contribution in [1.82, 2.24) is 5.32 Å². The molecule has 1 N–H and O–H groups in total. The minimum absolute atomic E-state index is 0.0815. The van der Waals surface area contributed by atoms with E-state index in [2.05, 4.69) is 5.32 Å². The van der Waals surface area contributed by atoms with E-state index in [4.69, 9.17) is 9.47 Å². The number of rotatable bonds is 6. The molecule has 132 valence electrons. The lowest BCUT2D eigenvalue weighted by Crippen LogP contribution is -2.58. The number of nitrogens with one attached hydrogen (secondary N) is 1. The molecular formula is C17H23NO5S. The summed E-state index contributed by atoms with van der Waals surface area (Å²) in [5, 5.41) is 2.81. The van der Waals surface area contributed by atoms with Crippen LogP contribution >= 0.6 is 0 Å². The van der Waals surface area contributed by atoms with E-state index in [-0.39, 0.29) is 17.4 Å². The van der Waals surface area contributed by atoms with Crippen LogP contribution in [0.1, 0.15) is 24.5 Å². The fourth-order valence-electron chi connectivity index (χ4n) is 3.30. The number of amides is 1. The van der Waals surface area contributed by atoms with Crippen LogP contribution in [-0.2, 0) is 33.2 Å². The van der Waals surface area contributed by atoms with E-state index in [1.54, 1.807) is 20.3 Å². The molecule has 1 aliphatic carbocycles. The predicted octanol–water partition coefficient (Wildman–Crippen LogP) is 1.01. The van der Waals surface area contributed by atoms with Gasteiger partial charge in [0.2, 0.25) is 5.91 Å². The lowest BCUT2D eigenvalue weighted by molar-refractivity contribution is -0.130. The van der Waals surface area contributed by atoms with Gasteiger partial charge in [-0.1, -0.05) is 0 Å². The number of carbonyl (C=O) groups is 2. The van der Waals surface area contributed by atoms with Gasteiger partial charge in [-0.3, -0.25) is 13.8 Å². The summed E-state index contributed by atoms with van der Waals surface area (Å²) < 4.78 is 22.4. The number of hydrogen-bond acceptors (Lipinski definition) is 5. The van der Waals surface area contributed by atoms with Crippen LogP contribution in [0, 0.1) is 0 Å². The molecule has 0 saturated carbocycles. The molecule has 0 saturated heterocycles. The number of carbonyl (C=O) groups excluding carboxylic acids is 2. The summed E-state index contributed by atoms with van der Waals surface area (Å²) >= 11 is 0. The Morgan fingerprint density at radius 3 is 2.29 bits per heavy atom. The van der Waals surface area contributed by atoms with Crippen molar-refractivity contribution in [3.8, 4) is 11.5 Å². The highest BCUT2D eigenvalue weighted by Gasteiger charge is 2.43. The maximum Gasteiger partial charge on any atom is 0.217 e. The summed E-state index contributed by atoms with van der Waals surface area (Å²) in [6, 6.07) is 3.63. The second-order valence-electron chi connectivity index (χ2n) is 6.01. The Kier molecular flexibility index (Phi) is 5.64. The molecule has 7 heteroatoms. The van der Waals surface area contributed by atoms with Crippen LogP contribution in [0.15, 0.2) is 12.1 Å². The number of benzene rings is 1. The monoisotopic (exact) mass is 353 g/mol. The molecule has 0 fully saturated rings. The number of ether oxygens (including phenoxy) is 2. The Labute approximate surface area is 144 Å². The molecule has 1 aromatic carbocycles. The van der Waals surface area contributed by atoms with Crippen LogP contribution in [0.2, 0.25) is 0 Å². The minimum atomic E-state index is -1.27. The summed E-state index contributed by atoms with van der Waals surface area (Å²) in [6.07, 6.45) is 2.80. The van der Waals surface area contributed by atoms with Crippen LogP contribution in [0.3, 0.4) is 0 Å². The fourth-order valence-corrected chi connectivity index (χ4v) is 3.95. The fraction of sp³-hybridized carbons (Fsp3) is 0.529. The molecule has 1 amide bonds. The van der Waals surface area contributed by atoms with Crippen molar-refractivity contribution in [2.75, 3.05) is 26.2 Å². The normalized spacial score (nSPS) is 20.7. The van der Waals surface area contributed by atoms with Gasteiger partial charge in [0, 0.05) is 41.5 Å². The molecule has 0 bridgehead atoms. The van der Waals surface area contributed by atoms with Gasteiger partial charge in [0.15, 0.2) is 5.78 Å². The maximum absolute atomic E-state index is 12.8. The number of fused-ring (bicyclic) bond motifs is 1. The first-order valence-corrected chi connectivity index (χ1v) is 9.40. The third-order valence-electron chi connectivity index (χ3n) is 4.35. The quantitative estimate of drug-likeness (QED) is 0.826. The van der Waals surface area contributed by atoms with E-state index >= 15 is 0 Å². The number of ketones is 1. The van der Waals surface area contributed by atoms with E-state index in [1.165, 1.54) is 13.2 Å². The lowest BCUT2D eigenvalue weighted by atomic mass is 9.75. The zero-order valence-corrected chi connectivity index (χ0v) is 15.2. The molecule has 0 spiro atoms. The van der Waals surface area contributed by atoms with Crippen molar-refractivity contribution in [2.45, 2.75) is 31.7 Å². The summed E-state index contributed by atoms with van der Waals surface area (Å²) in [6.45, 7) is 1.39. The van der Waals surface area contributed by atoms with Crippen LogP contribution in [0.4, 0.5) is 0 Å². The number of hydrogen-bond donors (Lipinski definition) is 1. The molecule has 1 aliphatic rings. The van der Waals surface area contributed by atoms with Crippen LogP contribution < -0.4 is 14.8 Å². The SMILES string of the molecule is COc1ccc(OC)c2c1CC[C@@](NC(C)=O)(C(=O)C[S@](C)=O)C2. The molecule has 0 aromatic heterocycles. The van der Waals surface area contributed by atoms with E-state index < -0.39 is 16.3 Å². The molecule has 0 heterocycles. The molecule has 1 aromatic rings. The first kappa shape index (κ1) is 18.4. The number of Topliss-reactive ketones (excluding diaryl/α,β-unsaturated/α-hetero) is 1. The van der Waals surface area contributed by atoms with Crippen LogP contribution in [0.5, 0.6) is 11.5 Å². The van der Waals surface area contributed by atoms with E-state index in [0.29, 0.717) is 25.0 Å².